The molecule has 1 amide bonds. The summed E-state index contributed by atoms with van der Waals surface area (Å²) in [5.41, 5.74) is 7.45. The number of pyridine rings is 2. The number of anilines is 2. The Morgan fingerprint density at radius 1 is 1.25 bits per heavy atom. The molecule has 0 unspecified atom stereocenters. The smallest absolute Gasteiger partial charge is 0.236 e. The topological polar surface area (TPSA) is 84.1 Å². The van der Waals surface area contributed by atoms with E-state index in [1.807, 2.05) is 48.2 Å². The highest BCUT2D eigenvalue weighted by molar-refractivity contribution is 5.78. The lowest BCUT2D eigenvalue weighted by atomic mass is 9.94. The van der Waals surface area contributed by atoms with Crippen LogP contribution in [0.3, 0.4) is 0 Å². The molecule has 6 nitrogen and oxygen atoms in total. The molecule has 1 fully saturated rings. The highest BCUT2D eigenvalue weighted by atomic mass is 16.2. The lowest BCUT2D eigenvalue weighted by Crippen LogP contribution is -2.42. The number of nitrogens with zero attached hydrogens (tertiary/aromatic N) is 3. The van der Waals surface area contributed by atoms with Crippen molar-refractivity contribution in [3.63, 3.8) is 0 Å². The van der Waals surface area contributed by atoms with Crippen molar-refractivity contribution in [2.45, 2.75) is 25.7 Å². The van der Waals surface area contributed by atoms with E-state index in [1.165, 1.54) is 0 Å². The Labute approximate surface area is 142 Å². The Balaban J connectivity index is 1.74. The molecule has 126 valence electrons. The highest BCUT2D eigenvalue weighted by Gasteiger charge is 2.24. The summed E-state index contributed by atoms with van der Waals surface area (Å²) in [6.07, 6.45) is 2.02. The lowest BCUT2D eigenvalue weighted by Gasteiger charge is -2.32. The van der Waals surface area contributed by atoms with Crippen LogP contribution in [-0.2, 0) is 4.79 Å². The first-order valence-corrected chi connectivity index (χ1v) is 8.31. The van der Waals surface area contributed by atoms with Crippen molar-refractivity contribution in [3.8, 4) is 0 Å². The Morgan fingerprint density at radius 3 is 2.75 bits per heavy atom. The Kier molecular flexibility index (Phi) is 5.05. The number of amides is 1. The molecule has 0 spiro atoms. The molecular weight excluding hydrogens is 302 g/mol. The van der Waals surface area contributed by atoms with E-state index >= 15 is 0 Å². The van der Waals surface area contributed by atoms with E-state index in [9.17, 15) is 4.79 Å². The number of aryl methyl sites for hydroxylation is 1. The number of nitrogens with one attached hydrogen (secondary N) is 1. The Morgan fingerprint density at radius 2 is 2.00 bits per heavy atom. The quantitative estimate of drug-likeness (QED) is 0.900. The fourth-order valence-electron chi connectivity index (χ4n) is 3.07. The fraction of sp³-hybridized carbons (Fsp3) is 0.389. The molecule has 24 heavy (non-hydrogen) atoms. The van der Waals surface area contributed by atoms with Crippen LogP contribution in [0.1, 0.15) is 30.1 Å². The molecular formula is C18H23N5O. The van der Waals surface area contributed by atoms with Gasteiger partial charge in [-0.2, -0.15) is 0 Å². The van der Waals surface area contributed by atoms with Crippen molar-refractivity contribution >= 4 is 17.5 Å². The predicted molar refractivity (Wildman–Crippen MR) is 94.1 cm³/mol. The zero-order valence-electron chi connectivity index (χ0n) is 13.9. The molecule has 1 atom stereocenters. The molecule has 3 rings (SSSR count). The van der Waals surface area contributed by atoms with Gasteiger partial charge in [-0.05, 0) is 44.0 Å². The minimum Gasteiger partial charge on any atom is -0.341 e. The van der Waals surface area contributed by atoms with Crippen LogP contribution < -0.4 is 11.1 Å². The summed E-state index contributed by atoms with van der Waals surface area (Å²) in [6, 6.07) is 11.8. The van der Waals surface area contributed by atoms with Crippen LogP contribution in [0.15, 0.2) is 36.4 Å². The van der Waals surface area contributed by atoms with Crippen LogP contribution in [-0.4, -0.2) is 40.4 Å². The summed E-state index contributed by atoms with van der Waals surface area (Å²) < 4.78 is 0. The monoisotopic (exact) mass is 325 g/mol. The summed E-state index contributed by atoms with van der Waals surface area (Å²) in [5, 5.41) is 3.25. The number of aromatic nitrogens is 2. The summed E-state index contributed by atoms with van der Waals surface area (Å²) >= 11 is 0. The van der Waals surface area contributed by atoms with Crippen molar-refractivity contribution in [2.75, 3.05) is 25.0 Å². The molecule has 0 radical (unpaired) electrons. The van der Waals surface area contributed by atoms with E-state index in [0.29, 0.717) is 6.54 Å². The number of rotatable bonds is 4. The molecule has 0 aromatic carbocycles. The van der Waals surface area contributed by atoms with Crippen molar-refractivity contribution in [1.82, 2.24) is 14.9 Å². The summed E-state index contributed by atoms with van der Waals surface area (Å²) in [7, 11) is 0. The van der Waals surface area contributed by atoms with Gasteiger partial charge in [0.15, 0.2) is 0 Å². The lowest BCUT2D eigenvalue weighted by molar-refractivity contribution is -0.130. The number of piperidine rings is 1. The van der Waals surface area contributed by atoms with Crippen LogP contribution in [0.2, 0.25) is 0 Å². The van der Waals surface area contributed by atoms with Crippen LogP contribution in [0.5, 0.6) is 0 Å². The molecule has 0 saturated carbocycles. The van der Waals surface area contributed by atoms with Crippen LogP contribution >= 0.6 is 0 Å². The minimum absolute atomic E-state index is 0.0120. The van der Waals surface area contributed by atoms with Crippen LogP contribution in [0, 0.1) is 6.92 Å². The van der Waals surface area contributed by atoms with Crippen LogP contribution in [0.25, 0.3) is 0 Å². The van der Waals surface area contributed by atoms with Gasteiger partial charge in [-0.25, -0.2) is 9.97 Å². The molecule has 3 heterocycles. The number of carbonyl (C=O) groups is 1. The third-order valence-corrected chi connectivity index (χ3v) is 4.28. The van der Waals surface area contributed by atoms with E-state index in [4.69, 9.17) is 10.7 Å². The van der Waals surface area contributed by atoms with Gasteiger partial charge < -0.3 is 16.0 Å². The van der Waals surface area contributed by atoms with Gasteiger partial charge >= 0.3 is 0 Å². The van der Waals surface area contributed by atoms with E-state index < -0.39 is 0 Å². The highest BCUT2D eigenvalue weighted by Crippen LogP contribution is 2.26. The van der Waals surface area contributed by atoms with Crippen LogP contribution in [0.4, 0.5) is 11.6 Å². The zero-order chi connectivity index (χ0) is 16.9. The molecule has 0 bridgehead atoms. The number of likely N-dealkylation sites (tertiary alicyclic amines) is 1. The fourth-order valence-corrected chi connectivity index (χ4v) is 3.07. The van der Waals surface area contributed by atoms with Crippen molar-refractivity contribution in [1.29, 1.82) is 0 Å². The molecule has 3 N–H and O–H groups in total. The maximum Gasteiger partial charge on any atom is 0.236 e. The first-order valence-electron chi connectivity index (χ1n) is 8.31. The number of hydrogen-bond donors (Lipinski definition) is 2. The standard InChI is InChI=1S/C18H23N5O/c1-13-5-2-8-16(20-13)22-17-9-3-7-15(21-17)14-6-4-10-23(12-14)18(24)11-19/h2-3,5,7-9,14H,4,6,10-12,19H2,1H3,(H,20,21,22)/t14-/m0/s1. The third kappa shape index (κ3) is 3.89. The van der Waals surface area contributed by atoms with E-state index in [2.05, 4.69) is 10.3 Å². The first-order chi connectivity index (χ1) is 11.7. The van der Waals surface area contributed by atoms with E-state index in [-0.39, 0.29) is 18.4 Å². The number of hydrogen-bond acceptors (Lipinski definition) is 5. The molecule has 1 aliphatic rings. The Hall–Kier alpha value is -2.47. The number of nitrogens with two attached hydrogens (primary N) is 1. The first kappa shape index (κ1) is 16.4. The van der Waals surface area contributed by atoms with E-state index in [1.54, 1.807) is 0 Å². The normalized spacial score (nSPS) is 17.6. The van der Waals surface area contributed by atoms with Gasteiger partial charge in [-0.15, -0.1) is 0 Å². The minimum atomic E-state index is 0.0120. The Bertz CT molecular complexity index is 718. The van der Waals surface area contributed by atoms with Crippen molar-refractivity contribution in [3.05, 3.63) is 47.8 Å². The van der Waals surface area contributed by atoms with Crippen molar-refractivity contribution < 1.29 is 4.79 Å². The van der Waals surface area contributed by atoms with Gasteiger partial charge in [0, 0.05) is 30.4 Å². The zero-order valence-corrected chi connectivity index (χ0v) is 13.9. The van der Waals surface area contributed by atoms with Gasteiger partial charge in [-0.3, -0.25) is 4.79 Å². The van der Waals surface area contributed by atoms with Gasteiger partial charge in [0.05, 0.1) is 6.54 Å². The SMILES string of the molecule is Cc1cccc(Nc2cccc([C@H]3CCCN(C(=O)CN)C3)n2)n1. The molecule has 1 saturated heterocycles. The van der Waals surface area contributed by atoms with E-state index in [0.717, 1.165) is 42.4 Å². The van der Waals surface area contributed by atoms with Gasteiger partial charge in [0.25, 0.3) is 0 Å². The molecule has 2 aromatic rings. The third-order valence-electron chi connectivity index (χ3n) is 4.28. The molecule has 1 aliphatic heterocycles. The number of carbonyl (C=O) groups excluding carboxylic acids is 1. The maximum absolute atomic E-state index is 11.8. The maximum atomic E-state index is 11.8. The van der Waals surface area contributed by atoms with Gasteiger partial charge in [0.1, 0.15) is 11.6 Å². The second-order valence-corrected chi connectivity index (χ2v) is 6.12. The molecule has 0 aliphatic carbocycles. The predicted octanol–water partition coefficient (Wildman–Crippen LogP) is 2.19. The summed E-state index contributed by atoms with van der Waals surface area (Å²) in [5.74, 6) is 1.82. The average Bonchev–Trinajstić information content (AvgIpc) is 2.61. The van der Waals surface area contributed by atoms with Gasteiger partial charge in [-0.1, -0.05) is 12.1 Å². The second kappa shape index (κ2) is 7.40. The largest absolute Gasteiger partial charge is 0.341 e. The molecule has 6 heteroatoms. The summed E-state index contributed by atoms with van der Waals surface area (Å²) in [6.45, 7) is 3.51. The average molecular weight is 325 g/mol. The second-order valence-electron chi connectivity index (χ2n) is 6.12. The van der Waals surface area contributed by atoms with Crippen molar-refractivity contribution in [2.24, 2.45) is 5.73 Å². The van der Waals surface area contributed by atoms with Gasteiger partial charge in [0.2, 0.25) is 5.91 Å². The molecule has 2 aromatic heterocycles. The summed E-state index contributed by atoms with van der Waals surface area (Å²) in [4.78, 5) is 22.8.